The number of aliphatic hydroxyl groups is 2. The van der Waals surface area contributed by atoms with Gasteiger partial charge in [-0.15, -0.1) is 0 Å². The van der Waals surface area contributed by atoms with E-state index in [1.807, 2.05) is 6.92 Å². The largest absolute Gasteiger partial charge is 0.479 e. The van der Waals surface area contributed by atoms with E-state index in [-0.39, 0.29) is 36.4 Å². The summed E-state index contributed by atoms with van der Waals surface area (Å²) in [6, 6.07) is 0. The van der Waals surface area contributed by atoms with Crippen LogP contribution in [0.4, 0.5) is 4.39 Å². The lowest BCUT2D eigenvalue weighted by molar-refractivity contribution is -0.198. The summed E-state index contributed by atoms with van der Waals surface area (Å²) in [4.78, 5) is 23.8. The highest BCUT2D eigenvalue weighted by atomic mass is 19.1. The normalized spacial score (nSPS) is 54.0. The van der Waals surface area contributed by atoms with Crippen molar-refractivity contribution in [3.63, 3.8) is 0 Å². The minimum Gasteiger partial charge on any atom is -0.479 e. The van der Waals surface area contributed by atoms with Crippen LogP contribution in [0, 0.1) is 34.5 Å². The zero-order chi connectivity index (χ0) is 19.9. The number of aliphatic carboxylic acids is 1. The van der Waals surface area contributed by atoms with Crippen LogP contribution in [-0.4, -0.2) is 44.9 Å². The minimum atomic E-state index is -1.94. The van der Waals surface area contributed by atoms with Crippen molar-refractivity contribution in [2.45, 2.75) is 57.9 Å². The summed E-state index contributed by atoms with van der Waals surface area (Å²) in [7, 11) is 0. The molecule has 0 radical (unpaired) electrons. The number of hydrogen-bond acceptors (Lipinski definition) is 4. The Bertz CT molecular complexity index is 775. The van der Waals surface area contributed by atoms with Crippen molar-refractivity contribution >= 4 is 11.8 Å². The highest BCUT2D eigenvalue weighted by Crippen LogP contribution is 2.68. The van der Waals surface area contributed by atoms with Crippen LogP contribution in [0.5, 0.6) is 0 Å². The Labute approximate surface area is 158 Å². The molecular weight excluding hydrogens is 351 g/mol. The molecule has 3 fully saturated rings. The van der Waals surface area contributed by atoms with Crippen LogP contribution in [0.2, 0.25) is 0 Å². The SMILES string of the molecule is C[C@@H]1C[C@H]2[C@@H]3C[C@H](F)C4=CC(=O)C=C[C@]4(C)[C@H]3[C@@H](O)C[C@]2(C)[C@@]1(O)C(=O)O. The topological polar surface area (TPSA) is 94.8 Å². The van der Waals surface area contributed by atoms with Crippen molar-refractivity contribution < 1.29 is 29.3 Å². The van der Waals surface area contributed by atoms with Gasteiger partial charge in [0.2, 0.25) is 0 Å². The van der Waals surface area contributed by atoms with Gasteiger partial charge in [-0.25, -0.2) is 9.18 Å². The molecule has 0 aromatic heterocycles. The maximum Gasteiger partial charge on any atom is 0.336 e. The number of alkyl halides is 1. The van der Waals surface area contributed by atoms with Crippen LogP contribution in [0.25, 0.3) is 0 Å². The number of fused-ring (bicyclic) bond motifs is 5. The first-order chi connectivity index (χ1) is 12.5. The number of carbonyl (C=O) groups excluding carboxylic acids is 1. The van der Waals surface area contributed by atoms with Crippen molar-refractivity contribution in [3.8, 4) is 0 Å². The Morgan fingerprint density at radius 3 is 2.59 bits per heavy atom. The molecule has 3 N–H and O–H groups in total. The average molecular weight is 378 g/mol. The summed E-state index contributed by atoms with van der Waals surface area (Å²) in [5, 5.41) is 32.0. The second-order valence-electron chi connectivity index (χ2n) is 9.51. The maximum absolute atomic E-state index is 15.2. The zero-order valence-electron chi connectivity index (χ0n) is 15.9. The molecular formula is C21H27FO5. The molecule has 9 atom stereocenters. The number of carbonyl (C=O) groups is 2. The minimum absolute atomic E-state index is 0.146. The fourth-order valence-corrected chi connectivity index (χ4v) is 7.12. The van der Waals surface area contributed by atoms with Crippen molar-refractivity contribution in [1.29, 1.82) is 0 Å². The monoisotopic (exact) mass is 378 g/mol. The van der Waals surface area contributed by atoms with Gasteiger partial charge in [0, 0.05) is 16.7 Å². The van der Waals surface area contributed by atoms with E-state index in [4.69, 9.17) is 0 Å². The molecule has 0 heterocycles. The van der Waals surface area contributed by atoms with Crippen molar-refractivity contribution in [3.05, 3.63) is 23.8 Å². The number of aliphatic hydroxyl groups excluding tert-OH is 1. The van der Waals surface area contributed by atoms with Crippen LogP contribution in [0.15, 0.2) is 23.8 Å². The Kier molecular flexibility index (Phi) is 3.84. The molecule has 6 heteroatoms. The lowest BCUT2D eigenvalue weighted by Crippen LogP contribution is -2.63. The lowest BCUT2D eigenvalue weighted by Gasteiger charge is -2.59. The van der Waals surface area contributed by atoms with Gasteiger partial charge in [0.15, 0.2) is 11.4 Å². The second kappa shape index (κ2) is 5.51. The molecule has 4 aliphatic rings. The van der Waals surface area contributed by atoms with E-state index < -0.39 is 40.6 Å². The van der Waals surface area contributed by atoms with E-state index in [9.17, 15) is 24.9 Å². The molecule has 0 aliphatic heterocycles. The van der Waals surface area contributed by atoms with Crippen LogP contribution in [0.1, 0.15) is 40.0 Å². The summed E-state index contributed by atoms with van der Waals surface area (Å²) < 4.78 is 15.2. The maximum atomic E-state index is 15.2. The Morgan fingerprint density at radius 2 is 1.96 bits per heavy atom. The summed E-state index contributed by atoms with van der Waals surface area (Å²) >= 11 is 0. The molecule has 27 heavy (non-hydrogen) atoms. The molecule has 0 bridgehead atoms. The first-order valence-electron chi connectivity index (χ1n) is 9.70. The van der Waals surface area contributed by atoms with Gasteiger partial charge in [0.1, 0.15) is 6.17 Å². The quantitative estimate of drug-likeness (QED) is 0.651. The predicted octanol–water partition coefficient (Wildman–Crippen LogP) is 2.27. The molecule has 148 valence electrons. The summed E-state index contributed by atoms with van der Waals surface area (Å²) in [5.41, 5.74) is -3.32. The van der Waals surface area contributed by atoms with Gasteiger partial charge in [-0.1, -0.05) is 26.8 Å². The van der Waals surface area contributed by atoms with Crippen molar-refractivity contribution in [2.75, 3.05) is 0 Å². The Morgan fingerprint density at radius 1 is 1.30 bits per heavy atom. The predicted molar refractivity (Wildman–Crippen MR) is 95.4 cm³/mol. The lowest BCUT2D eigenvalue weighted by atomic mass is 9.46. The van der Waals surface area contributed by atoms with Gasteiger partial charge in [0.05, 0.1) is 6.10 Å². The first kappa shape index (κ1) is 18.8. The summed E-state index contributed by atoms with van der Waals surface area (Å²) in [6.07, 6.45) is 3.08. The second-order valence-corrected chi connectivity index (χ2v) is 9.51. The first-order valence-corrected chi connectivity index (χ1v) is 9.70. The number of carboxylic acids is 1. The average Bonchev–Trinajstić information content (AvgIpc) is 2.78. The van der Waals surface area contributed by atoms with Crippen LogP contribution >= 0.6 is 0 Å². The van der Waals surface area contributed by atoms with Gasteiger partial charge >= 0.3 is 5.97 Å². The number of carboxylic acid groups (broad SMARTS) is 1. The summed E-state index contributed by atoms with van der Waals surface area (Å²) in [6.45, 7) is 5.32. The van der Waals surface area contributed by atoms with E-state index in [0.717, 1.165) is 0 Å². The van der Waals surface area contributed by atoms with Crippen molar-refractivity contribution in [1.82, 2.24) is 0 Å². The van der Waals surface area contributed by atoms with Gasteiger partial charge in [-0.2, -0.15) is 0 Å². The van der Waals surface area contributed by atoms with E-state index in [1.54, 1.807) is 19.9 Å². The molecule has 4 aliphatic carbocycles. The number of ketones is 1. The number of hydrogen-bond donors (Lipinski definition) is 3. The molecule has 0 aromatic rings. The molecule has 3 saturated carbocycles. The third-order valence-corrected chi connectivity index (χ3v) is 8.38. The Hall–Kier alpha value is -1.53. The molecule has 0 unspecified atom stereocenters. The third-order valence-electron chi connectivity index (χ3n) is 8.38. The van der Waals surface area contributed by atoms with Gasteiger partial charge in [0.25, 0.3) is 0 Å². The van der Waals surface area contributed by atoms with Crippen LogP contribution in [0.3, 0.4) is 0 Å². The van der Waals surface area contributed by atoms with Gasteiger partial charge in [-0.3, -0.25) is 4.79 Å². The van der Waals surface area contributed by atoms with Crippen LogP contribution in [-0.2, 0) is 9.59 Å². The highest BCUT2D eigenvalue weighted by Gasteiger charge is 2.71. The van der Waals surface area contributed by atoms with E-state index in [1.165, 1.54) is 12.2 Å². The third kappa shape index (κ3) is 2.11. The number of halogens is 1. The fraction of sp³-hybridized carbons (Fsp3) is 0.714. The highest BCUT2D eigenvalue weighted by molar-refractivity contribution is 6.01. The number of rotatable bonds is 1. The molecule has 4 rings (SSSR count). The molecule has 0 aromatic carbocycles. The smallest absolute Gasteiger partial charge is 0.336 e. The number of allylic oxidation sites excluding steroid dienone is 4. The molecule has 0 amide bonds. The van der Waals surface area contributed by atoms with E-state index in [2.05, 4.69) is 0 Å². The van der Waals surface area contributed by atoms with Gasteiger partial charge in [-0.05, 0) is 54.7 Å². The van der Waals surface area contributed by atoms with Gasteiger partial charge < -0.3 is 15.3 Å². The Balaban J connectivity index is 1.82. The zero-order valence-corrected chi connectivity index (χ0v) is 15.9. The summed E-state index contributed by atoms with van der Waals surface area (Å²) in [5.74, 6) is -2.76. The molecule has 5 nitrogen and oxygen atoms in total. The standard InChI is InChI=1S/C21H27FO5/c1-10-6-13-12-8-15(22)14-7-11(23)4-5-19(14,2)17(12)16(24)9-20(13,3)21(10,27)18(25)26/h4-5,7,10,12-13,15-17,24,27H,6,8-9H2,1-3H3,(H,25,26)/t10-,12+,13+,15+,16+,17-,19+,20+,21+/m1/s1. The molecule has 0 saturated heterocycles. The van der Waals surface area contributed by atoms with E-state index in [0.29, 0.717) is 12.0 Å². The fourth-order valence-electron chi connectivity index (χ4n) is 7.12. The van der Waals surface area contributed by atoms with Crippen molar-refractivity contribution in [2.24, 2.45) is 34.5 Å². The van der Waals surface area contributed by atoms with Crippen LogP contribution < -0.4 is 0 Å². The van der Waals surface area contributed by atoms with E-state index >= 15 is 4.39 Å². The molecule has 0 spiro atoms.